The summed E-state index contributed by atoms with van der Waals surface area (Å²) in [6.07, 6.45) is 1.75. The molecule has 0 spiro atoms. The maximum Gasteiger partial charge on any atom is 0.410 e. The monoisotopic (exact) mass is 372 g/mol. The van der Waals surface area contributed by atoms with Crippen LogP contribution in [0.5, 0.6) is 0 Å². The Morgan fingerprint density at radius 2 is 2.08 bits per heavy atom. The van der Waals surface area contributed by atoms with Crippen LogP contribution in [0.15, 0.2) is 23.1 Å². The number of amides is 1. The van der Waals surface area contributed by atoms with E-state index in [9.17, 15) is 13.2 Å². The molecule has 2 fully saturated rings. The summed E-state index contributed by atoms with van der Waals surface area (Å²) in [4.78, 5) is 14.1. The molecule has 6 nitrogen and oxygen atoms in total. The van der Waals surface area contributed by atoms with Gasteiger partial charge in [0.2, 0.25) is 0 Å². The first kappa shape index (κ1) is 17.5. The van der Waals surface area contributed by atoms with Crippen LogP contribution in [0.1, 0.15) is 12.0 Å². The Hall–Kier alpha value is -1.31. The molecule has 2 heterocycles. The molecule has 1 aromatic carbocycles. The first-order valence-electron chi connectivity index (χ1n) is 7.95. The van der Waals surface area contributed by atoms with E-state index >= 15 is 0 Å². The second-order valence-electron chi connectivity index (χ2n) is 6.54. The number of carbonyl (C=O) groups is 1. The van der Waals surface area contributed by atoms with Gasteiger partial charge in [0.25, 0.3) is 0 Å². The van der Waals surface area contributed by atoms with Gasteiger partial charge in [-0.1, -0.05) is 11.6 Å². The first-order valence-corrected chi connectivity index (χ1v) is 10.2. The number of nitrogens with one attached hydrogen (secondary N) is 1. The minimum Gasteiger partial charge on any atom is -0.445 e. The number of halogens is 1. The van der Waals surface area contributed by atoms with E-state index in [1.54, 1.807) is 11.0 Å². The highest BCUT2D eigenvalue weighted by Gasteiger charge is 2.34. The van der Waals surface area contributed by atoms with Crippen LogP contribution in [0.4, 0.5) is 4.79 Å². The summed E-state index contributed by atoms with van der Waals surface area (Å²) in [7, 11) is -3.36. The molecule has 3 rings (SSSR count). The van der Waals surface area contributed by atoms with Crippen molar-refractivity contribution in [2.45, 2.75) is 17.9 Å². The lowest BCUT2D eigenvalue weighted by Crippen LogP contribution is -2.43. The fourth-order valence-corrected chi connectivity index (χ4v) is 4.38. The Balaban J connectivity index is 1.61. The van der Waals surface area contributed by atoms with Crippen molar-refractivity contribution in [1.29, 1.82) is 0 Å². The molecular weight excluding hydrogens is 352 g/mol. The van der Waals surface area contributed by atoms with Gasteiger partial charge < -0.3 is 15.0 Å². The zero-order valence-electron chi connectivity index (χ0n) is 13.5. The lowest BCUT2D eigenvalue weighted by molar-refractivity contribution is 0.0730. The minimum absolute atomic E-state index is 0.00472. The van der Waals surface area contributed by atoms with Crippen molar-refractivity contribution in [3.8, 4) is 0 Å². The third-order valence-electron chi connectivity index (χ3n) is 4.68. The Labute approximate surface area is 147 Å². The average molecular weight is 373 g/mol. The zero-order valence-corrected chi connectivity index (χ0v) is 15.1. The lowest BCUT2D eigenvalue weighted by Gasteiger charge is -2.33. The van der Waals surface area contributed by atoms with E-state index in [4.69, 9.17) is 16.3 Å². The number of rotatable bonds is 3. The van der Waals surface area contributed by atoms with Crippen LogP contribution in [0.25, 0.3) is 0 Å². The summed E-state index contributed by atoms with van der Waals surface area (Å²) in [5.41, 5.74) is 0.564. The molecule has 2 unspecified atom stereocenters. The molecule has 1 amide bonds. The molecule has 0 aromatic heterocycles. The summed E-state index contributed by atoms with van der Waals surface area (Å²) in [6.45, 7) is 3.39. The van der Waals surface area contributed by atoms with E-state index in [2.05, 4.69) is 5.32 Å². The first-order chi connectivity index (χ1) is 11.3. The Morgan fingerprint density at radius 1 is 1.33 bits per heavy atom. The molecular formula is C16H21ClN2O4S. The predicted molar refractivity (Wildman–Crippen MR) is 90.8 cm³/mol. The van der Waals surface area contributed by atoms with Crippen LogP contribution in [-0.4, -0.2) is 51.8 Å². The third kappa shape index (κ3) is 4.02. The summed E-state index contributed by atoms with van der Waals surface area (Å²) >= 11 is 5.96. The number of carbonyl (C=O) groups excluding carboxylic acids is 1. The maximum atomic E-state index is 12.3. The number of hydrogen-bond acceptors (Lipinski definition) is 5. The zero-order chi connectivity index (χ0) is 17.3. The average Bonchev–Trinajstić information content (AvgIpc) is 2.98. The van der Waals surface area contributed by atoms with Crippen LogP contribution < -0.4 is 5.32 Å². The number of likely N-dealkylation sites (tertiary alicyclic amines) is 1. The summed E-state index contributed by atoms with van der Waals surface area (Å²) in [6, 6.07) is 4.48. The smallest absolute Gasteiger partial charge is 0.410 e. The van der Waals surface area contributed by atoms with Gasteiger partial charge in [-0.15, -0.1) is 0 Å². The van der Waals surface area contributed by atoms with Crippen LogP contribution in [0.3, 0.4) is 0 Å². The van der Waals surface area contributed by atoms with Gasteiger partial charge >= 0.3 is 6.09 Å². The van der Waals surface area contributed by atoms with E-state index in [1.165, 1.54) is 12.1 Å². The molecule has 1 aromatic rings. The molecule has 2 aliphatic heterocycles. The number of sulfone groups is 1. The van der Waals surface area contributed by atoms with E-state index < -0.39 is 9.84 Å². The number of nitrogens with zero attached hydrogens (tertiary/aromatic N) is 1. The maximum absolute atomic E-state index is 12.3. The van der Waals surface area contributed by atoms with Crippen LogP contribution in [0.2, 0.25) is 5.02 Å². The quantitative estimate of drug-likeness (QED) is 0.877. The van der Waals surface area contributed by atoms with E-state index in [0.717, 1.165) is 25.8 Å². The summed E-state index contributed by atoms with van der Waals surface area (Å²) < 4.78 is 28.6. The molecule has 0 bridgehead atoms. The Bertz CT molecular complexity index is 738. The molecule has 132 valence electrons. The lowest BCUT2D eigenvalue weighted by atomic mass is 9.89. The number of ether oxygens (including phenoxy) is 1. The van der Waals surface area contributed by atoms with Crippen molar-refractivity contribution >= 4 is 27.5 Å². The fraction of sp³-hybridized carbons (Fsp3) is 0.562. The topological polar surface area (TPSA) is 75.7 Å². The van der Waals surface area contributed by atoms with Gasteiger partial charge in [0.05, 0.1) is 4.90 Å². The standard InChI is InChI=1S/C16H21ClN2O4S/c1-24(21,22)15-5-11(4-14(17)6-15)10-23-16(20)19-3-2-12-7-18-8-13(12)9-19/h4-6,12-13,18H,2-3,7-10H2,1H3. The molecule has 0 aliphatic carbocycles. The second-order valence-corrected chi connectivity index (χ2v) is 8.99. The molecule has 2 saturated heterocycles. The second kappa shape index (κ2) is 6.90. The molecule has 2 atom stereocenters. The van der Waals surface area contributed by atoms with Gasteiger partial charge in [-0.05, 0) is 55.1 Å². The van der Waals surface area contributed by atoms with Gasteiger partial charge in [-0.3, -0.25) is 0 Å². The predicted octanol–water partition coefficient (Wildman–Crippen LogP) is 1.92. The van der Waals surface area contributed by atoms with Crippen molar-refractivity contribution in [3.63, 3.8) is 0 Å². The van der Waals surface area contributed by atoms with Gasteiger partial charge in [0.1, 0.15) is 6.61 Å². The highest BCUT2D eigenvalue weighted by atomic mass is 35.5. The van der Waals surface area contributed by atoms with Crippen LogP contribution >= 0.6 is 11.6 Å². The van der Waals surface area contributed by atoms with Crippen molar-refractivity contribution < 1.29 is 17.9 Å². The van der Waals surface area contributed by atoms with E-state index in [1.807, 2.05) is 0 Å². The van der Waals surface area contributed by atoms with Crippen molar-refractivity contribution in [2.75, 3.05) is 32.4 Å². The fourth-order valence-electron chi connectivity index (χ4n) is 3.36. The van der Waals surface area contributed by atoms with Crippen molar-refractivity contribution in [3.05, 3.63) is 28.8 Å². The SMILES string of the molecule is CS(=O)(=O)c1cc(Cl)cc(COC(=O)N2CCC3CNCC3C2)c1. The van der Waals surface area contributed by atoms with E-state index in [0.29, 0.717) is 35.5 Å². The van der Waals surface area contributed by atoms with E-state index in [-0.39, 0.29) is 17.6 Å². The van der Waals surface area contributed by atoms with Gasteiger partial charge in [-0.2, -0.15) is 0 Å². The minimum atomic E-state index is -3.36. The molecule has 0 saturated carbocycles. The van der Waals surface area contributed by atoms with Gasteiger partial charge in [0.15, 0.2) is 9.84 Å². The highest BCUT2D eigenvalue weighted by Crippen LogP contribution is 2.27. The number of piperidine rings is 1. The van der Waals surface area contributed by atoms with Crippen LogP contribution in [-0.2, 0) is 21.2 Å². The molecule has 24 heavy (non-hydrogen) atoms. The number of benzene rings is 1. The molecule has 8 heteroatoms. The molecule has 2 aliphatic rings. The summed E-state index contributed by atoms with van der Waals surface area (Å²) in [5.74, 6) is 1.15. The molecule has 0 radical (unpaired) electrons. The largest absolute Gasteiger partial charge is 0.445 e. The normalized spacial score (nSPS) is 23.8. The molecule has 1 N–H and O–H groups in total. The van der Waals surface area contributed by atoms with Gasteiger partial charge in [-0.25, -0.2) is 13.2 Å². The van der Waals surface area contributed by atoms with Crippen molar-refractivity contribution in [1.82, 2.24) is 10.2 Å². The Morgan fingerprint density at radius 3 is 2.83 bits per heavy atom. The van der Waals surface area contributed by atoms with Crippen LogP contribution in [0, 0.1) is 11.8 Å². The van der Waals surface area contributed by atoms with Gasteiger partial charge in [0, 0.05) is 24.4 Å². The third-order valence-corrected chi connectivity index (χ3v) is 5.99. The Kier molecular flexibility index (Phi) is 5.03. The number of fused-ring (bicyclic) bond motifs is 1. The number of hydrogen-bond donors (Lipinski definition) is 1. The summed E-state index contributed by atoms with van der Waals surface area (Å²) in [5, 5.41) is 3.67. The highest BCUT2D eigenvalue weighted by molar-refractivity contribution is 7.90. The van der Waals surface area contributed by atoms with Crippen molar-refractivity contribution in [2.24, 2.45) is 11.8 Å².